The lowest BCUT2D eigenvalue weighted by Gasteiger charge is -2.37. The molecule has 0 amide bonds. The van der Waals surface area contributed by atoms with Gasteiger partial charge in [0, 0.05) is 58.3 Å². The van der Waals surface area contributed by atoms with Crippen LogP contribution >= 0.6 is 0 Å². The van der Waals surface area contributed by atoms with E-state index in [1.54, 1.807) is 0 Å². The van der Waals surface area contributed by atoms with E-state index in [1.165, 1.54) is 55.0 Å². The molecule has 0 aliphatic carbocycles. The van der Waals surface area contributed by atoms with Crippen molar-refractivity contribution in [2.75, 3.05) is 11.4 Å². The third-order valence-corrected chi connectivity index (χ3v) is 12.4. The third-order valence-electron chi connectivity index (χ3n) is 12.4. The summed E-state index contributed by atoms with van der Waals surface area (Å²) in [5.41, 5.74) is 14.9. The van der Waals surface area contributed by atoms with Crippen LogP contribution in [0.3, 0.4) is 0 Å². The van der Waals surface area contributed by atoms with Gasteiger partial charge in [-0.2, -0.15) is 0 Å². The highest BCUT2D eigenvalue weighted by atomic mass is 15.1. The molecule has 0 saturated carbocycles. The smallest absolute Gasteiger partial charge is 0.0844 e. The maximum atomic E-state index is 5.23. The summed E-state index contributed by atoms with van der Waals surface area (Å²) < 4.78 is 2.55. The topological polar surface area (TPSA) is 45.5 Å². The summed E-state index contributed by atoms with van der Waals surface area (Å²) in [6.07, 6.45) is 9.56. The number of pyridine rings is 1. The van der Waals surface area contributed by atoms with Gasteiger partial charge in [-0.15, -0.1) is 0 Å². The van der Waals surface area contributed by atoms with Gasteiger partial charge in [-0.3, -0.25) is 4.98 Å². The van der Waals surface area contributed by atoms with Crippen LogP contribution in [0.1, 0.15) is 61.4 Å². The van der Waals surface area contributed by atoms with Crippen molar-refractivity contribution in [1.29, 1.82) is 0 Å². The Bertz CT molecular complexity index is 2910. The van der Waals surface area contributed by atoms with Gasteiger partial charge in [-0.25, -0.2) is 4.99 Å². The Labute approximate surface area is 333 Å². The molecule has 1 unspecified atom stereocenters. The maximum Gasteiger partial charge on any atom is 0.0844 e. The Morgan fingerprint density at radius 3 is 2.25 bits per heavy atom. The molecule has 0 fully saturated rings. The van der Waals surface area contributed by atoms with Gasteiger partial charge in [0.2, 0.25) is 0 Å². The Kier molecular flexibility index (Phi) is 7.78. The fourth-order valence-electron chi connectivity index (χ4n) is 9.57. The van der Waals surface area contributed by atoms with Crippen molar-refractivity contribution >= 4 is 55.4 Å². The average molecular weight is 738 g/mol. The van der Waals surface area contributed by atoms with Gasteiger partial charge >= 0.3 is 0 Å². The number of hydrogen-bond donors (Lipinski definition) is 1. The summed E-state index contributed by atoms with van der Waals surface area (Å²) in [6.45, 7) is 5.81. The fraction of sp³-hybridized carbons (Fsp3) is 0.154. The molecule has 5 heteroatoms. The minimum Gasteiger partial charge on any atom is -0.384 e. The maximum absolute atomic E-state index is 5.23. The Hall–Kier alpha value is -6.72. The molecule has 3 aliphatic heterocycles. The van der Waals surface area contributed by atoms with E-state index in [1.807, 2.05) is 12.3 Å². The van der Waals surface area contributed by atoms with Crippen molar-refractivity contribution in [3.8, 4) is 5.69 Å². The number of rotatable bonds is 6. The van der Waals surface area contributed by atoms with Crippen LogP contribution in [0.5, 0.6) is 0 Å². The van der Waals surface area contributed by atoms with E-state index in [4.69, 9.17) is 9.98 Å². The van der Waals surface area contributed by atoms with Gasteiger partial charge in [-0.05, 0) is 107 Å². The monoisotopic (exact) mass is 737 g/mol. The van der Waals surface area contributed by atoms with E-state index in [0.717, 1.165) is 65.7 Å². The van der Waals surface area contributed by atoms with Crippen molar-refractivity contribution in [1.82, 2.24) is 14.9 Å². The second-order valence-corrected chi connectivity index (χ2v) is 16.1. The van der Waals surface area contributed by atoms with E-state index in [9.17, 15) is 0 Å². The number of benzene rings is 6. The van der Waals surface area contributed by atoms with E-state index >= 15 is 0 Å². The van der Waals surface area contributed by atoms with E-state index < -0.39 is 0 Å². The first kappa shape index (κ1) is 33.6. The first-order valence-electron chi connectivity index (χ1n) is 20.2. The molecule has 276 valence electrons. The van der Waals surface area contributed by atoms with Gasteiger partial charge in [0.15, 0.2) is 0 Å². The molecular formula is C52H43N5. The number of allylic oxidation sites excluding steroid dienone is 2. The van der Waals surface area contributed by atoms with E-state index in [2.05, 4.69) is 180 Å². The lowest BCUT2D eigenvalue weighted by atomic mass is 9.73. The van der Waals surface area contributed by atoms with E-state index in [-0.39, 0.29) is 11.3 Å². The fourth-order valence-corrected chi connectivity index (χ4v) is 9.57. The molecule has 1 N–H and O–H groups in total. The zero-order valence-corrected chi connectivity index (χ0v) is 32.3. The summed E-state index contributed by atoms with van der Waals surface area (Å²) in [6, 6.07) is 53.3. The van der Waals surface area contributed by atoms with Gasteiger partial charge in [-0.1, -0.05) is 105 Å². The van der Waals surface area contributed by atoms with Gasteiger partial charge in [0.1, 0.15) is 0 Å². The number of nitrogens with zero attached hydrogens (tertiary/aromatic N) is 4. The second kappa shape index (κ2) is 13.2. The highest BCUT2D eigenvalue weighted by Gasteiger charge is 2.37. The number of hydrogen-bond acceptors (Lipinski definition) is 4. The molecule has 6 aromatic carbocycles. The first-order chi connectivity index (χ1) is 28.0. The SMILES string of the molecule is CC1(C)c2cc(C3C=C(C4=CCCCN4)N=C(c4ccccn4)C3)ccc2-n2c3ccc4ccccc4c3c3cc(N(c4ccccc4)c4ccccc4)cc1c32. The average Bonchev–Trinajstić information content (AvgIpc) is 3.61. The molecule has 0 bridgehead atoms. The highest BCUT2D eigenvalue weighted by Crippen LogP contribution is 2.52. The summed E-state index contributed by atoms with van der Waals surface area (Å²) in [5.74, 6) is 0.144. The second-order valence-electron chi connectivity index (χ2n) is 16.1. The van der Waals surface area contributed by atoms with Crippen LogP contribution in [0.25, 0.3) is 38.3 Å². The predicted octanol–water partition coefficient (Wildman–Crippen LogP) is 12.6. The first-order valence-corrected chi connectivity index (χ1v) is 20.2. The zero-order valence-electron chi connectivity index (χ0n) is 32.3. The molecule has 5 nitrogen and oxygen atoms in total. The molecule has 57 heavy (non-hydrogen) atoms. The molecular weight excluding hydrogens is 695 g/mol. The lowest BCUT2D eigenvalue weighted by molar-refractivity contribution is 0.628. The molecule has 0 spiro atoms. The van der Waals surface area contributed by atoms with Crippen molar-refractivity contribution < 1.29 is 0 Å². The van der Waals surface area contributed by atoms with Crippen LogP contribution < -0.4 is 10.2 Å². The quantitative estimate of drug-likeness (QED) is 0.185. The van der Waals surface area contributed by atoms with Crippen molar-refractivity contribution in [3.63, 3.8) is 0 Å². The van der Waals surface area contributed by atoms with Crippen LogP contribution in [0.2, 0.25) is 0 Å². The van der Waals surface area contributed by atoms with Crippen molar-refractivity contribution in [2.45, 2.75) is 44.4 Å². The van der Waals surface area contributed by atoms with Gasteiger partial charge in [0.25, 0.3) is 0 Å². The molecule has 2 aromatic heterocycles. The molecule has 0 saturated heterocycles. The summed E-state index contributed by atoms with van der Waals surface area (Å²) >= 11 is 0. The number of anilines is 3. The summed E-state index contributed by atoms with van der Waals surface area (Å²) in [7, 11) is 0. The molecule has 11 rings (SSSR count). The van der Waals surface area contributed by atoms with Crippen LogP contribution in [0, 0.1) is 0 Å². The normalized spacial score (nSPS) is 17.1. The molecule has 0 radical (unpaired) electrons. The van der Waals surface area contributed by atoms with Gasteiger partial charge in [0.05, 0.1) is 39.5 Å². The standard InChI is InChI=1S/C52H43N5/c1-52(2)42-29-35(36-30-46(44-21-11-13-27-53-44)55-47(31-36)45-22-12-14-28-54-45)24-25-48(42)57-49-26-23-34-15-9-10-20-40(34)50(49)41-32-39(33-43(52)51(41)57)56(37-16-5-3-6-17-37)38-18-7-4-8-19-38/h3-11,13,15-27,29,31-33,36,54H,12,14,28,30H2,1-2H3. The Morgan fingerprint density at radius 1 is 0.719 bits per heavy atom. The van der Waals surface area contributed by atoms with E-state index in [0.29, 0.717) is 0 Å². The van der Waals surface area contributed by atoms with Gasteiger partial charge < -0.3 is 14.8 Å². The summed E-state index contributed by atoms with van der Waals surface area (Å²) in [5, 5.41) is 8.74. The third kappa shape index (κ3) is 5.44. The number of nitrogens with one attached hydrogen (secondary N) is 1. The predicted molar refractivity (Wildman–Crippen MR) is 237 cm³/mol. The van der Waals surface area contributed by atoms with Crippen LogP contribution in [0.4, 0.5) is 17.1 Å². The number of aromatic nitrogens is 2. The largest absolute Gasteiger partial charge is 0.384 e. The lowest BCUT2D eigenvalue weighted by Crippen LogP contribution is -2.27. The van der Waals surface area contributed by atoms with Crippen molar-refractivity contribution in [3.05, 3.63) is 198 Å². The number of fused-ring (bicyclic) bond motifs is 7. The van der Waals surface area contributed by atoms with Crippen LogP contribution in [-0.2, 0) is 5.41 Å². The number of para-hydroxylation sites is 2. The molecule has 5 heterocycles. The Morgan fingerprint density at radius 2 is 1.49 bits per heavy atom. The van der Waals surface area contributed by atoms with Crippen molar-refractivity contribution in [2.24, 2.45) is 4.99 Å². The van der Waals surface area contributed by atoms with Crippen LogP contribution in [-0.4, -0.2) is 21.8 Å². The molecule has 1 atom stereocenters. The summed E-state index contributed by atoms with van der Waals surface area (Å²) in [4.78, 5) is 12.4. The Balaban J connectivity index is 1.15. The molecule has 3 aliphatic rings. The zero-order chi connectivity index (χ0) is 38.1. The minimum absolute atomic E-state index is 0.144. The van der Waals surface area contributed by atoms with Crippen LogP contribution in [0.15, 0.2) is 180 Å². The number of aliphatic imine (C=N–C) groups is 1. The molecule has 8 aromatic rings. The minimum atomic E-state index is -0.314. The highest BCUT2D eigenvalue weighted by molar-refractivity contribution is 6.23.